The van der Waals surface area contributed by atoms with Crippen molar-refractivity contribution in [1.29, 1.82) is 0 Å². The van der Waals surface area contributed by atoms with Crippen molar-refractivity contribution in [2.24, 2.45) is 10.8 Å². The van der Waals surface area contributed by atoms with Crippen molar-refractivity contribution in [2.75, 3.05) is 27.4 Å². The minimum Gasteiger partial charge on any atom is -0.493 e. The Morgan fingerprint density at radius 3 is 1.98 bits per heavy atom. The quantitative estimate of drug-likeness (QED) is 0.193. The Morgan fingerprint density at radius 1 is 0.911 bits per heavy atom. The van der Waals surface area contributed by atoms with Crippen molar-refractivity contribution in [1.82, 2.24) is 4.90 Å². The summed E-state index contributed by atoms with van der Waals surface area (Å²) in [5.41, 5.74) is 3.28. The molecule has 0 radical (unpaired) electrons. The molecule has 2 aliphatic carbocycles. The smallest absolute Gasteiger partial charge is 0.339 e. The molecule has 11 heteroatoms. The third-order valence-electron chi connectivity index (χ3n) is 8.63. The van der Waals surface area contributed by atoms with Crippen LogP contribution < -0.4 is 8.92 Å². The number of halogens is 2. The second-order valence-corrected chi connectivity index (χ2v) is 16.4. The summed E-state index contributed by atoms with van der Waals surface area (Å²) < 4.78 is 43.3. The zero-order valence-corrected chi connectivity index (χ0v) is 29.6. The first-order chi connectivity index (χ1) is 21.1. The van der Waals surface area contributed by atoms with Gasteiger partial charge in [-0.3, -0.25) is 9.59 Å². The minimum absolute atomic E-state index is 0.00732. The Hall–Kier alpha value is -2.66. The van der Waals surface area contributed by atoms with Crippen LogP contribution in [0.4, 0.5) is 0 Å². The summed E-state index contributed by atoms with van der Waals surface area (Å²) in [6.07, 6.45) is 2.82. The van der Waals surface area contributed by atoms with Gasteiger partial charge < -0.3 is 18.6 Å². The van der Waals surface area contributed by atoms with E-state index in [1.807, 2.05) is 0 Å². The first-order valence-corrected chi connectivity index (χ1v) is 17.5. The summed E-state index contributed by atoms with van der Waals surface area (Å²) in [5, 5.41) is 0.394. The molecule has 45 heavy (non-hydrogen) atoms. The van der Waals surface area contributed by atoms with Crippen molar-refractivity contribution >= 4 is 49.2 Å². The third kappa shape index (κ3) is 6.75. The van der Waals surface area contributed by atoms with Gasteiger partial charge in [0.1, 0.15) is 4.90 Å². The Kier molecular flexibility index (Phi) is 9.37. The topological polar surface area (TPSA) is 99.2 Å². The number of ether oxygens (including phenoxy) is 2. The predicted octanol–water partition coefficient (Wildman–Crippen LogP) is 7.60. The van der Waals surface area contributed by atoms with Crippen LogP contribution in [0.25, 0.3) is 0 Å². The van der Waals surface area contributed by atoms with Crippen LogP contribution in [0, 0.1) is 10.8 Å². The van der Waals surface area contributed by atoms with E-state index in [0.717, 1.165) is 17.8 Å². The Bertz CT molecular complexity index is 1660. The number of carbonyl (C=O) groups excluding carboxylic acids is 2. The first kappa shape index (κ1) is 33.7. The van der Waals surface area contributed by atoms with Gasteiger partial charge in [-0.15, -0.1) is 0 Å². The van der Waals surface area contributed by atoms with Gasteiger partial charge in [0, 0.05) is 66.6 Å². The lowest BCUT2D eigenvalue weighted by Gasteiger charge is -2.49. The summed E-state index contributed by atoms with van der Waals surface area (Å²) in [6.45, 7) is 9.60. The predicted molar refractivity (Wildman–Crippen MR) is 176 cm³/mol. The maximum absolute atomic E-state index is 14.1. The highest BCUT2D eigenvalue weighted by Gasteiger charge is 2.49. The fraction of sp³-hybridized carbons (Fsp3) is 0.471. The molecule has 0 atom stereocenters. The standard InChI is InChI=1S/C34H39BrClNO7S/c1-33(2)16-24-30(26(38)18-33)29(31-25(37(24)12-7-13-42-5)17-34(3,4)19-27(31)39)20-14-23(35)32(28(15-20)43-6)44-45(40,41)22-10-8-21(36)9-11-22/h8-11,14-15,29H,7,12-13,16-19H2,1-6H3. The normalized spacial score (nSPS) is 19.9. The Morgan fingerprint density at radius 2 is 1.47 bits per heavy atom. The summed E-state index contributed by atoms with van der Waals surface area (Å²) in [5.74, 6) is -0.506. The van der Waals surface area contributed by atoms with Gasteiger partial charge in [-0.05, 0) is 88.0 Å². The lowest BCUT2D eigenvalue weighted by Crippen LogP contribution is -2.44. The Balaban J connectivity index is 1.68. The van der Waals surface area contributed by atoms with Gasteiger partial charge in [-0.2, -0.15) is 8.42 Å². The average Bonchev–Trinajstić information content (AvgIpc) is 2.93. The van der Waals surface area contributed by atoms with Crippen LogP contribution in [0.15, 0.2) is 68.3 Å². The van der Waals surface area contributed by atoms with Crippen LogP contribution in [0.5, 0.6) is 11.5 Å². The van der Waals surface area contributed by atoms with E-state index in [1.165, 1.54) is 31.4 Å². The Labute approximate surface area is 279 Å². The largest absolute Gasteiger partial charge is 0.493 e. The molecule has 5 rings (SSSR count). The first-order valence-electron chi connectivity index (χ1n) is 14.9. The molecule has 2 aromatic carbocycles. The number of hydrogen-bond donors (Lipinski definition) is 0. The highest BCUT2D eigenvalue weighted by atomic mass is 79.9. The minimum atomic E-state index is -4.24. The molecule has 0 bridgehead atoms. The van der Waals surface area contributed by atoms with Crippen molar-refractivity contribution in [2.45, 2.75) is 70.6 Å². The maximum Gasteiger partial charge on any atom is 0.339 e. The van der Waals surface area contributed by atoms with Crippen LogP contribution in [0.3, 0.4) is 0 Å². The number of methoxy groups -OCH3 is 2. The zero-order valence-electron chi connectivity index (χ0n) is 26.5. The summed E-state index contributed by atoms with van der Waals surface area (Å²) in [4.78, 5) is 30.3. The molecule has 0 spiro atoms. The number of nitrogens with zero attached hydrogens (tertiary/aromatic N) is 1. The SMILES string of the molecule is COCCCN1C2=C(C(=O)CC(C)(C)C2)C(c2cc(Br)c(OS(=O)(=O)c3ccc(Cl)cc3)c(OC)c2)C2=C1CC(C)(C)CC2=O. The van der Waals surface area contributed by atoms with Gasteiger partial charge in [-0.25, -0.2) is 0 Å². The number of carbonyl (C=O) groups is 2. The number of benzene rings is 2. The molecule has 8 nitrogen and oxygen atoms in total. The molecule has 242 valence electrons. The van der Waals surface area contributed by atoms with Crippen LogP contribution in [-0.2, 0) is 24.4 Å². The van der Waals surface area contributed by atoms with Crippen molar-refractivity contribution < 1.29 is 31.7 Å². The molecule has 1 heterocycles. The van der Waals surface area contributed by atoms with E-state index in [1.54, 1.807) is 19.2 Å². The number of hydrogen-bond acceptors (Lipinski definition) is 8. The summed E-state index contributed by atoms with van der Waals surface area (Å²) >= 11 is 9.47. The van der Waals surface area contributed by atoms with E-state index in [-0.39, 0.29) is 38.8 Å². The number of Topliss-reactive ketones (excluding diaryl/α,β-unsaturated/α-hetero) is 2. The fourth-order valence-corrected chi connectivity index (χ4v) is 8.50. The number of rotatable bonds is 9. The number of ketones is 2. The fourth-order valence-electron chi connectivity index (χ4n) is 6.76. The second kappa shape index (κ2) is 12.5. The molecule has 0 amide bonds. The lowest BCUT2D eigenvalue weighted by atomic mass is 9.63. The molecule has 3 aliphatic rings. The molecule has 0 unspecified atom stereocenters. The van der Waals surface area contributed by atoms with E-state index in [4.69, 9.17) is 25.3 Å². The van der Waals surface area contributed by atoms with Crippen LogP contribution >= 0.6 is 27.5 Å². The molecule has 0 N–H and O–H groups in total. The van der Waals surface area contributed by atoms with Crippen LogP contribution in [0.2, 0.25) is 5.02 Å². The summed E-state index contributed by atoms with van der Waals surface area (Å²) in [6, 6.07) is 9.07. The molecular weight excluding hydrogens is 682 g/mol. The molecule has 0 saturated carbocycles. The molecule has 1 aliphatic heterocycles. The molecule has 0 saturated heterocycles. The molecule has 0 aromatic heterocycles. The third-order valence-corrected chi connectivity index (χ3v) is 10.7. The van der Waals surface area contributed by atoms with Gasteiger partial charge in [0.2, 0.25) is 0 Å². The van der Waals surface area contributed by atoms with Crippen LogP contribution in [0.1, 0.15) is 71.3 Å². The molecule has 2 aromatic rings. The van der Waals surface area contributed by atoms with Gasteiger partial charge in [-0.1, -0.05) is 39.3 Å². The van der Waals surface area contributed by atoms with Crippen molar-refractivity contribution in [3.63, 3.8) is 0 Å². The second-order valence-electron chi connectivity index (χ2n) is 13.6. The van der Waals surface area contributed by atoms with E-state index >= 15 is 0 Å². The van der Waals surface area contributed by atoms with Crippen molar-refractivity contribution in [3.8, 4) is 11.5 Å². The molecule has 0 fully saturated rings. The van der Waals surface area contributed by atoms with Gasteiger partial charge in [0.15, 0.2) is 23.1 Å². The maximum atomic E-state index is 14.1. The molecular formula is C34H39BrClNO7S. The average molecular weight is 721 g/mol. The zero-order chi connectivity index (χ0) is 32.9. The highest BCUT2D eigenvalue weighted by molar-refractivity contribution is 9.10. The van der Waals surface area contributed by atoms with Gasteiger partial charge in [0.05, 0.1) is 11.6 Å². The van der Waals surface area contributed by atoms with Gasteiger partial charge in [0.25, 0.3) is 0 Å². The summed E-state index contributed by atoms with van der Waals surface area (Å²) in [7, 11) is -1.15. The van der Waals surface area contributed by atoms with E-state index in [9.17, 15) is 18.0 Å². The number of allylic oxidation sites excluding steroid dienone is 4. The van der Waals surface area contributed by atoms with Crippen molar-refractivity contribution in [3.05, 3.63) is 74.0 Å². The highest BCUT2D eigenvalue weighted by Crippen LogP contribution is 2.55. The monoisotopic (exact) mass is 719 g/mol. The van der Waals surface area contributed by atoms with E-state index in [2.05, 4.69) is 48.5 Å². The van der Waals surface area contributed by atoms with E-state index in [0.29, 0.717) is 65.0 Å². The van der Waals surface area contributed by atoms with E-state index < -0.39 is 16.0 Å². The van der Waals surface area contributed by atoms with Crippen LogP contribution in [-0.4, -0.2) is 52.3 Å². The lowest BCUT2D eigenvalue weighted by molar-refractivity contribution is -0.119. The van der Waals surface area contributed by atoms with Gasteiger partial charge >= 0.3 is 10.1 Å².